The van der Waals surface area contributed by atoms with E-state index in [4.69, 9.17) is 12.2 Å². The number of para-hydroxylation sites is 1. The third-order valence-corrected chi connectivity index (χ3v) is 6.90. The van der Waals surface area contributed by atoms with Crippen molar-refractivity contribution < 1.29 is 9.69 Å². The Hall–Kier alpha value is -1.57. The number of imidazole rings is 1. The lowest BCUT2D eigenvalue weighted by Crippen LogP contribution is -3.09. The number of carbonyl (C=O) groups is 1. The van der Waals surface area contributed by atoms with E-state index in [1.165, 1.54) is 37.1 Å². The summed E-state index contributed by atoms with van der Waals surface area (Å²) >= 11 is 7.45. The maximum atomic E-state index is 12.6. The molecule has 0 aliphatic heterocycles. The van der Waals surface area contributed by atoms with Gasteiger partial charge in [-0.15, -0.1) is 11.8 Å². The molecule has 2 N–H and O–H groups in total. The Morgan fingerprint density at radius 2 is 1.93 bits per heavy atom. The summed E-state index contributed by atoms with van der Waals surface area (Å²) in [5.74, 6) is 0.0233. The Balaban J connectivity index is 1.68. The highest BCUT2D eigenvalue weighted by atomic mass is 32.2. The smallest absolute Gasteiger partial charge is 0.279 e. The number of likely N-dealkylation sites (N-methyl/N-ethyl adjacent to an activating group) is 1. The molecule has 152 valence electrons. The summed E-state index contributed by atoms with van der Waals surface area (Å²) in [6.45, 7) is 5.40. The van der Waals surface area contributed by atoms with Gasteiger partial charge in [-0.1, -0.05) is 25.0 Å². The minimum Gasteiger partial charge on any atom is -0.320 e. The molecule has 0 spiro atoms. The summed E-state index contributed by atoms with van der Waals surface area (Å²) in [5.41, 5.74) is 3.36. The van der Waals surface area contributed by atoms with Crippen molar-refractivity contribution in [1.82, 2.24) is 9.13 Å². The van der Waals surface area contributed by atoms with Crippen molar-refractivity contribution in [3.63, 3.8) is 0 Å². The van der Waals surface area contributed by atoms with Crippen molar-refractivity contribution >= 4 is 35.6 Å². The number of anilines is 1. The van der Waals surface area contributed by atoms with E-state index < -0.39 is 0 Å². The number of amides is 1. The van der Waals surface area contributed by atoms with Crippen molar-refractivity contribution in [2.75, 3.05) is 25.2 Å². The molecule has 1 aliphatic carbocycles. The maximum Gasteiger partial charge on any atom is 0.279 e. The SMILES string of the molecule is CSc1ccccc1NC(=O)C[NH+](C)Cn1c(C)c(C)n(C2CCCC2)c1=S. The number of carbonyl (C=O) groups excluding carboxylic acids is 1. The molecule has 3 rings (SSSR count). The summed E-state index contributed by atoms with van der Waals surface area (Å²) in [6, 6.07) is 8.45. The molecule has 28 heavy (non-hydrogen) atoms. The average molecular weight is 420 g/mol. The molecule has 1 saturated carbocycles. The van der Waals surface area contributed by atoms with Crippen LogP contribution >= 0.6 is 24.0 Å². The minimum atomic E-state index is 0.0233. The number of quaternary nitrogens is 1. The molecule has 1 unspecified atom stereocenters. The molecule has 1 fully saturated rings. The molecule has 2 aromatic rings. The lowest BCUT2D eigenvalue weighted by Gasteiger charge is -2.16. The Kier molecular flexibility index (Phi) is 7.01. The van der Waals surface area contributed by atoms with E-state index in [9.17, 15) is 4.79 Å². The van der Waals surface area contributed by atoms with E-state index in [0.717, 1.165) is 20.3 Å². The second-order valence-corrected chi connectivity index (χ2v) is 8.94. The largest absolute Gasteiger partial charge is 0.320 e. The summed E-state index contributed by atoms with van der Waals surface area (Å²) in [4.78, 5) is 14.7. The van der Waals surface area contributed by atoms with Gasteiger partial charge in [0.15, 0.2) is 18.0 Å². The van der Waals surface area contributed by atoms with Crippen molar-refractivity contribution in [2.45, 2.75) is 57.1 Å². The molecule has 7 heteroatoms. The quantitative estimate of drug-likeness (QED) is 0.532. The first-order valence-corrected chi connectivity index (χ1v) is 11.6. The normalized spacial score (nSPS) is 15.7. The summed E-state index contributed by atoms with van der Waals surface area (Å²) in [6.07, 6.45) is 7.04. The van der Waals surface area contributed by atoms with Crippen molar-refractivity contribution in [3.8, 4) is 0 Å². The van der Waals surface area contributed by atoms with Gasteiger partial charge in [0.1, 0.15) is 0 Å². The zero-order chi connectivity index (χ0) is 20.3. The highest BCUT2D eigenvalue weighted by Crippen LogP contribution is 2.32. The molecule has 1 aromatic carbocycles. The number of nitrogens with zero attached hydrogens (tertiary/aromatic N) is 2. The lowest BCUT2D eigenvalue weighted by molar-refractivity contribution is -0.894. The topological polar surface area (TPSA) is 43.4 Å². The highest BCUT2D eigenvalue weighted by molar-refractivity contribution is 7.98. The molecule has 0 saturated heterocycles. The first-order valence-electron chi connectivity index (χ1n) is 9.94. The molecule has 1 aromatic heterocycles. The first-order chi connectivity index (χ1) is 13.4. The van der Waals surface area contributed by atoms with Crippen LogP contribution in [0.2, 0.25) is 0 Å². The number of rotatable bonds is 7. The third-order valence-electron chi connectivity index (χ3n) is 5.69. The van der Waals surface area contributed by atoms with Crippen LogP contribution < -0.4 is 10.2 Å². The zero-order valence-corrected chi connectivity index (χ0v) is 18.9. The van der Waals surface area contributed by atoms with Gasteiger partial charge >= 0.3 is 0 Å². The standard InChI is InChI=1S/C21H30N4OS2/c1-15-16(2)25(17-9-5-6-10-17)21(27)24(15)14-23(3)13-20(26)22-18-11-7-8-12-19(18)28-4/h7-8,11-12,17H,5-6,9-10,13-14H2,1-4H3,(H,22,26)/p+1. The van der Waals surface area contributed by atoms with Gasteiger partial charge in [0.05, 0.1) is 12.7 Å². The lowest BCUT2D eigenvalue weighted by atomic mass is 10.2. The number of aromatic nitrogens is 2. The van der Waals surface area contributed by atoms with Crippen LogP contribution in [0.1, 0.15) is 43.1 Å². The van der Waals surface area contributed by atoms with Gasteiger partial charge in [0.25, 0.3) is 5.91 Å². The number of thioether (sulfide) groups is 1. The van der Waals surface area contributed by atoms with Crippen molar-refractivity contribution in [3.05, 3.63) is 40.4 Å². The molecular weight excluding hydrogens is 388 g/mol. The van der Waals surface area contributed by atoms with E-state index in [1.54, 1.807) is 11.8 Å². The van der Waals surface area contributed by atoms with Crippen LogP contribution in [0.5, 0.6) is 0 Å². The number of hydrogen-bond acceptors (Lipinski definition) is 3. The fraction of sp³-hybridized carbons (Fsp3) is 0.524. The van der Waals surface area contributed by atoms with Gasteiger partial charge in [0, 0.05) is 22.3 Å². The van der Waals surface area contributed by atoms with E-state index >= 15 is 0 Å². The summed E-state index contributed by atoms with van der Waals surface area (Å²) in [7, 11) is 2.05. The Labute approximate surface area is 177 Å². The molecule has 1 atom stereocenters. The van der Waals surface area contributed by atoms with Gasteiger partial charge in [-0.05, 0) is 57.3 Å². The Morgan fingerprint density at radius 1 is 1.25 bits per heavy atom. The molecule has 5 nitrogen and oxygen atoms in total. The summed E-state index contributed by atoms with van der Waals surface area (Å²) < 4.78 is 5.44. The van der Waals surface area contributed by atoms with Crippen molar-refractivity contribution in [1.29, 1.82) is 0 Å². The van der Waals surface area contributed by atoms with Gasteiger partial charge in [-0.2, -0.15) is 0 Å². The minimum absolute atomic E-state index is 0.0233. The highest BCUT2D eigenvalue weighted by Gasteiger charge is 2.23. The van der Waals surface area contributed by atoms with Crippen LogP contribution in [-0.4, -0.2) is 34.9 Å². The van der Waals surface area contributed by atoms with Crippen LogP contribution in [0.15, 0.2) is 29.2 Å². The number of nitrogens with one attached hydrogen (secondary N) is 2. The molecule has 0 bridgehead atoms. The van der Waals surface area contributed by atoms with Gasteiger partial charge in [-0.3, -0.25) is 9.36 Å². The van der Waals surface area contributed by atoms with Crippen LogP contribution in [0, 0.1) is 18.6 Å². The van der Waals surface area contributed by atoms with Gasteiger partial charge in [0.2, 0.25) is 0 Å². The van der Waals surface area contributed by atoms with Crippen molar-refractivity contribution in [2.24, 2.45) is 0 Å². The van der Waals surface area contributed by atoms with Crippen LogP contribution in [0.4, 0.5) is 5.69 Å². The number of benzene rings is 1. The molecular formula is C21H31N4OS2+. The molecule has 1 amide bonds. The average Bonchev–Trinajstić information content (AvgIpc) is 3.25. The second-order valence-electron chi connectivity index (χ2n) is 7.73. The zero-order valence-electron chi connectivity index (χ0n) is 17.2. The Bertz CT molecular complexity index is 896. The number of hydrogen-bond donors (Lipinski definition) is 2. The van der Waals surface area contributed by atoms with Crippen LogP contribution in [0.3, 0.4) is 0 Å². The maximum absolute atomic E-state index is 12.6. The monoisotopic (exact) mass is 419 g/mol. The second kappa shape index (κ2) is 9.29. The molecule has 1 heterocycles. The fourth-order valence-corrected chi connectivity index (χ4v) is 5.15. The first kappa shape index (κ1) is 21.1. The fourth-order valence-electron chi connectivity index (χ4n) is 4.11. The molecule has 1 aliphatic rings. The predicted molar refractivity (Wildman–Crippen MR) is 119 cm³/mol. The van der Waals surface area contributed by atoms with E-state index in [2.05, 4.69) is 28.3 Å². The summed E-state index contributed by atoms with van der Waals surface area (Å²) in [5, 5.41) is 3.05. The van der Waals surface area contributed by atoms with E-state index in [0.29, 0.717) is 19.3 Å². The van der Waals surface area contributed by atoms with Crippen LogP contribution in [-0.2, 0) is 11.5 Å². The molecule has 0 radical (unpaired) electrons. The van der Waals surface area contributed by atoms with E-state index in [1.807, 2.05) is 37.6 Å². The van der Waals surface area contributed by atoms with Gasteiger partial charge in [-0.25, -0.2) is 0 Å². The van der Waals surface area contributed by atoms with Gasteiger partial charge < -0.3 is 14.8 Å². The Morgan fingerprint density at radius 3 is 2.61 bits per heavy atom. The third kappa shape index (κ3) is 4.53. The van der Waals surface area contributed by atoms with Crippen LogP contribution in [0.25, 0.3) is 0 Å². The predicted octanol–water partition coefficient (Wildman–Crippen LogP) is 3.58. The van der Waals surface area contributed by atoms with E-state index in [-0.39, 0.29) is 5.91 Å².